The molecule has 0 fully saturated rings. The zero-order valence-electron chi connectivity index (χ0n) is 36.3. The van der Waals surface area contributed by atoms with E-state index >= 15 is 0 Å². The van der Waals surface area contributed by atoms with Gasteiger partial charge in [-0.3, -0.25) is 0 Å². The van der Waals surface area contributed by atoms with Gasteiger partial charge in [-0.1, -0.05) is 218 Å². The van der Waals surface area contributed by atoms with Gasteiger partial charge in [0.05, 0.1) is 28.1 Å². The van der Waals surface area contributed by atoms with Crippen molar-refractivity contribution in [1.29, 1.82) is 0 Å². The average molecular weight is 841 g/mol. The third-order valence-electron chi connectivity index (χ3n) is 13.0. The minimum absolute atomic E-state index is 1.07. The van der Waals surface area contributed by atoms with Gasteiger partial charge in [-0.2, -0.15) is 0 Å². The number of anilines is 3. The number of hydrogen-bond donors (Lipinski definition) is 0. The summed E-state index contributed by atoms with van der Waals surface area (Å²) in [4.78, 5) is 2.47. The molecular formula is C64H44N2. The lowest BCUT2D eigenvalue weighted by Crippen LogP contribution is -2.13. The Morgan fingerprint density at radius 2 is 0.697 bits per heavy atom. The molecule has 0 saturated heterocycles. The van der Waals surface area contributed by atoms with Crippen molar-refractivity contribution in [2.45, 2.75) is 0 Å². The lowest BCUT2D eigenvalue weighted by molar-refractivity contribution is 1.18. The molecule has 2 nitrogen and oxygen atoms in total. The van der Waals surface area contributed by atoms with Crippen LogP contribution in [0.1, 0.15) is 0 Å². The molecule has 1 aromatic heterocycles. The number of nitrogens with zero attached hydrogens (tertiary/aromatic N) is 2. The summed E-state index contributed by atoms with van der Waals surface area (Å²) in [6.07, 6.45) is 0. The predicted octanol–water partition coefficient (Wildman–Crippen LogP) is 17.7. The fraction of sp³-hybridized carbons (Fsp3) is 0. The summed E-state index contributed by atoms with van der Waals surface area (Å²) in [6.45, 7) is 0. The zero-order chi connectivity index (χ0) is 43.8. The molecule has 0 radical (unpaired) electrons. The Hall–Kier alpha value is -8.72. The van der Waals surface area contributed by atoms with Gasteiger partial charge in [0.2, 0.25) is 0 Å². The summed E-state index contributed by atoms with van der Waals surface area (Å²) >= 11 is 0. The summed E-state index contributed by atoms with van der Waals surface area (Å²) < 4.78 is 2.46. The van der Waals surface area contributed by atoms with Crippen LogP contribution in [0.2, 0.25) is 0 Å². The highest BCUT2D eigenvalue weighted by Gasteiger charge is 2.24. The first-order chi connectivity index (χ1) is 32.8. The van der Waals surface area contributed by atoms with Crippen LogP contribution in [0.15, 0.2) is 267 Å². The van der Waals surface area contributed by atoms with Crippen LogP contribution in [0.5, 0.6) is 0 Å². The van der Waals surface area contributed by atoms with Crippen molar-refractivity contribution < 1.29 is 0 Å². The van der Waals surface area contributed by atoms with Crippen LogP contribution in [0.25, 0.3) is 93.9 Å². The van der Waals surface area contributed by atoms with Crippen molar-refractivity contribution in [3.63, 3.8) is 0 Å². The van der Waals surface area contributed by atoms with Crippen LogP contribution in [-0.4, -0.2) is 4.57 Å². The van der Waals surface area contributed by atoms with E-state index in [0.29, 0.717) is 0 Å². The molecule has 0 aliphatic heterocycles. The Labute approximate surface area is 385 Å². The van der Waals surface area contributed by atoms with E-state index in [-0.39, 0.29) is 0 Å². The molecule has 2 heteroatoms. The number of para-hydroxylation sites is 4. The minimum Gasteiger partial charge on any atom is -0.309 e. The molecule has 1 heterocycles. The molecule has 0 N–H and O–H groups in total. The summed E-state index contributed by atoms with van der Waals surface area (Å²) in [5.74, 6) is 0. The summed E-state index contributed by atoms with van der Waals surface area (Å²) in [5, 5.41) is 4.95. The molecule has 0 bridgehead atoms. The number of benzene rings is 11. The number of rotatable bonds is 9. The largest absolute Gasteiger partial charge is 0.309 e. The van der Waals surface area contributed by atoms with Crippen molar-refractivity contribution in [2.24, 2.45) is 0 Å². The Balaban J connectivity index is 1.09. The second-order valence-corrected chi connectivity index (χ2v) is 16.9. The van der Waals surface area contributed by atoms with Gasteiger partial charge in [-0.25, -0.2) is 0 Å². The smallest absolute Gasteiger partial charge is 0.0541 e. The quantitative estimate of drug-likeness (QED) is 0.141. The van der Waals surface area contributed by atoms with Gasteiger partial charge >= 0.3 is 0 Å². The van der Waals surface area contributed by atoms with Crippen molar-refractivity contribution in [3.8, 4) is 61.3 Å². The van der Waals surface area contributed by atoms with Crippen LogP contribution < -0.4 is 4.90 Å². The van der Waals surface area contributed by atoms with E-state index in [1.165, 1.54) is 60.4 Å². The molecule has 0 unspecified atom stereocenters. The number of aromatic nitrogens is 1. The minimum atomic E-state index is 1.07. The molecule has 0 saturated carbocycles. The molecule has 66 heavy (non-hydrogen) atoms. The van der Waals surface area contributed by atoms with E-state index in [9.17, 15) is 0 Å². The van der Waals surface area contributed by atoms with Crippen molar-refractivity contribution in [2.75, 3.05) is 4.90 Å². The fourth-order valence-corrected chi connectivity index (χ4v) is 9.90. The molecule has 12 rings (SSSR count). The maximum Gasteiger partial charge on any atom is 0.0541 e. The molecule has 0 aliphatic rings. The van der Waals surface area contributed by atoms with E-state index in [4.69, 9.17) is 0 Å². The van der Waals surface area contributed by atoms with Gasteiger partial charge in [0.25, 0.3) is 0 Å². The second kappa shape index (κ2) is 16.8. The van der Waals surface area contributed by atoms with Crippen molar-refractivity contribution in [3.05, 3.63) is 267 Å². The SMILES string of the molecule is c1ccc(-c2ccc(-c3ccccc3N(c3ccc(-c4cccc5ccccc45)cc3)c3ccccc3-c3cc(-c4ccccc4)ccc3-n3c4ccccc4c4ccccc43)cc2)cc1. The first-order valence-corrected chi connectivity index (χ1v) is 22.7. The Bertz CT molecular complexity index is 3620. The van der Waals surface area contributed by atoms with Crippen molar-refractivity contribution in [1.82, 2.24) is 4.57 Å². The first-order valence-electron chi connectivity index (χ1n) is 22.7. The molecule has 0 atom stereocenters. The van der Waals surface area contributed by atoms with Gasteiger partial charge in [0.1, 0.15) is 0 Å². The van der Waals surface area contributed by atoms with Gasteiger partial charge in [-0.05, 0) is 98.2 Å². The second-order valence-electron chi connectivity index (χ2n) is 16.9. The van der Waals surface area contributed by atoms with E-state index in [1.807, 2.05) is 0 Å². The highest BCUT2D eigenvalue weighted by atomic mass is 15.1. The maximum absolute atomic E-state index is 2.47. The van der Waals surface area contributed by atoms with Crippen LogP contribution in [0.3, 0.4) is 0 Å². The summed E-state index contributed by atoms with van der Waals surface area (Å²) in [7, 11) is 0. The van der Waals surface area contributed by atoms with Gasteiger partial charge in [-0.15, -0.1) is 0 Å². The number of hydrogen-bond acceptors (Lipinski definition) is 1. The topological polar surface area (TPSA) is 8.17 Å². The standard InChI is InChI=1S/C64H44N2/c1-3-18-45(19-4-1)47-34-36-50(37-35-47)55-25-9-13-30-60(55)65(52-41-38-49(39-42-52)54-29-17-23-48-22-7-8-24-53(48)54)61-31-14-12-28-58(61)59-44-51(46-20-5-2-6-21-46)40-43-64(59)66-62-32-15-10-26-56(62)57-27-11-16-33-63(57)66/h1-44H. The lowest BCUT2D eigenvalue weighted by Gasteiger charge is -2.30. The van der Waals surface area contributed by atoms with Gasteiger partial charge in [0.15, 0.2) is 0 Å². The maximum atomic E-state index is 2.47. The summed E-state index contributed by atoms with van der Waals surface area (Å²) in [6, 6.07) is 97.1. The Morgan fingerprint density at radius 1 is 0.258 bits per heavy atom. The lowest BCUT2D eigenvalue weighted by atomic mass is 9.94. The van der Waals surface area contributed by atoms with E-state index in [1.54, 1.807) is 0 Å². The van der Waals surface area contributed by atoms with E-state index < -0.39 is 0 Å². The normalized spacial score (nSPS) is 11.3. The summed E-state index contributed by atoms with van der Waals surface area (Å²) in [5.41, 5.74) is 18.4. The molecular weight excluding hydrogens is 797 g/mol. The molecule has 0 aliphatic carbocycles. The molecule has 12 aromatic rings. The van der Waals surface area contributed by atoms with Crippen LogP contribution in [0, 0.1) is 0 Å². The molecule has 310 valence electrons. The van der Waals surface area contributed by atoms with Crippen LogP contribution in [0.4, 0.5) is 17.1 Å². The van der Waals surface area contributed by atoms with Crippen molar-refractivity contribution >= 4 is 49.6 Å². The number of fused-ring (bicyclic) bond motifs is 4. The Kier molecular flexibility index (Phi) is 9.89. The van der Waals surface area contributed by atoms with Gasteiger partial charge < -0.3 is 9.47 Å². The highest BCUT2D eigenvalue weighted by Crippen LogP contribution is 2.48. The van der Waals surface area contributed by atoms with Gasteiger partial charge in [0, 0.05) is 33.2 Å². The molecule has 0 spiro atoms. The Morgan fingerprint density at radius 3 is 1.38 bits per heavy atom. The molecule has 0 amide bonds. The van der Waals surface area contributed by atoms with E-state index in [0.717, 1.165) is 50.6 Å². The monoisotopic (exact) mass is 840 g/mol. The highest BCUT2D eigenvalue weighted by molar-refractivity contribution is 6.10. The van der Waals surface area contributed by atoms with Crippen LogP contribution in [-0.2, 0) is 0 Å². The zero-order valence-corrected chi connectivity index (χ0v) is 36.3. The van der Waals surface area contributed by atoms with E-state index in [2.05, 4.69) is 276 Å². The fourth-order valence-electron chi connectivity index (χ4n) is 9.90. The first kappa shape index (κ1) is 38.9. The third-order valence-corrected chi connectivity index (χ3v) is 13.0. The third kappa shape index (κ3) is 6.93. The van der Waals surface area contributed by atoms with Crippen LogP contribution >= 0.6 is 0 Å². The molecule has 11 aromatic carbocycles. The predicted molar refractivity (Wildman–Crippen MR) is 280 cm³/mol. The average Bonchev–Trinajstić information content (AvgIpc) is 3.74.